The number of nitrogens with one attached hydrogen (secondary N) is 1. The molecule has 11 nitrogen and oxygen atoms in total. The smallest absolute Gasteiger partial charge is 0.340 e. The van der Waals surface area contributed by atoms with Gasteiger partial charge in [0.15, 0.2) is 15.7 Å². The third-order valence-electron chi connectivity index (χ3n) is 4.70. The quantitative estimate of drug-likeness (QED) is 0.389. The maximum absolute atomic E-state index is 13.3. The summed E-state index contributed by atoms with van der Waals surface area (Å²) in [5.41, 5.74) is 0.662. The highest BCUT2D eigenvalue weighted by Gasteiger charge is 2.24. The fourth-order valence-corrected chi connectivity index (χ4v) is 3.54. The molecule has 4 aromatic rings. The number of carboxylic acid groups (broad SMARTS) is 1. The number of aromatic nitrogens is 4. The van der Waals surface area contributed by atoms with E-state index in [9.17, 15) is 22.7 Å². The monoisotopic (exact) mass is 475 g/mol. The van der Waals surface area contributed by atoms with Gasteiger partial charge in [0.2, 0.25) is 0 Å². The van der Waals surface area contributed by atoms with Gasteiger partial charge in [-0.3, -0.25) is 0 Å². The molecule has 172 valence electrons. The number of carboxylic acids is 1. The van der Waals surface area contributed by atoms with E-state index < -0.39 is 27.5 Å². The van der Waals surface area contributed by atoms with Crippen molar-refractivity contribution in [1.29, 1.82) is 0 Å². The van der Waals surface area contributed by atoms with Crippen LogP contribution in [0, 0.1) is 5.82 Å². The first-order valence-corrected chi connectivity index (χ1v) is 11.5. The van der Waals surface area contributed by atoms with Crippen molar-refractivity contribution in [1.82, 2.24) is 20.2 Å². The summed E-state index contributed by atoms with van der Waals surface area (Å²) in [4.78, 5) is 12.1. The number of rotatable bonds is 8. The summed E-state index contributed by atoms with van der Waals surface area (Å²) in [7, 11) is -1.76. The molecule has 0 saturated carbocycles. The molecule has 2 heterocycles. The molecule has 2 N–H and O–H groups in total. The van der Waals surface area contributed by atoms with Crippen LogP contribution in [0.25, 0.3) is 22.3 Å². The molecule has 0 aliphatic heterocycles. The Morgan fingerprint density at radius 3 is 2.61 bits per heavy atom. The Kier molecular flexibility index (Phi) is 5.72. The molecular formula is C20H18FN5O6S. The van der Waals surface area contributed by atoms with Crippen molar-refractivity contribution in [3.8, 4) is 17.1 Å². The number of hydrogen-bond acceptors (Lipinski definition) is 9. The standard InChI is InChI=1S/C20H18FN5O6S/c1-26-17(23-24-25-26)9-31-16-7-13-15(8-14(16)22-10-33(2,29)30)32-19(18(13)20(27)28)11-3-5-12(21)6-4-11/h3-8,22H,9-10H2,1-2H3,(H,27,28). The van der Waals surface area contributed by atoms with Crippen molar-refractivity contribution in [2.45, 2.75) is 6.61 Å². The third-order valence-corrected chi connectivity index (χ3v) is 5.37. The zero-order valence-corrected chi connectivity index (χ0v) is 18.3. The maximum atomic E-state index is 13.3. The Labute approximate surface area is 186 Å². The number of hydrogen-bond donors (Lipinski definition) is 2. The number of furan rings is 1. The number of sulfone groups is 1. The average molecular weight is 475 g/mol. The second kappa shape index (κ2) is 8.50. The summed E-state index contributed by atoms with van der Waals surface area (Å²) >= 11 is 0. The molecule has 13 heteroatoms. The first-order chi connectivity index (χ1) is 15.6. The molecule has 0 radical (unpaired) electrons. The predicted octanol–water partition coefficient (Wildman–Crippen LogP) is 2.45. The van der Waals surface area contributed by atoms with Crippen LogP contribution in [0.15, 0.2) is 40.8 Å². The fraction of sp³-hybridized carbons (Fsp3) is 0.200. The normalized spacial score (nSPS) is 11.6. The van der Waals surface area contributed by atoms with Crippen LogP contribution < -0.4 is 10.1 Å². The predicted molar refractivity (Wildman–Crippen MR) is 115 cm³/mol. The van der Waals surface area contributed by atoms with Gasteiger partial charge in [-0.2, -0.15) is 0 Å². The summed E-state index contributed by atoms with van der Waals surface area (Å²) in [5.74, 6) is -1.54. The number of anilines is 1. The Balaban J connectivity index is 1.83. The topological polar surface area (TPSA) is 149 Å². The van der Waals surface area contributed by atoms with Crippen LogP contribution in [0.4, 0.5) is 10.1 Å². The summed E-state index contributed by atoms with van der Waals surface area (Å²) in [6, 6.07) is 8.07. The van der Waals surface area contributed by atoms with Gasteiger partial charge in [0.05, 0.1) is 5.69 Å². The molecular weight excluding hydrogens is 457 g/mol. The van der Waals surface area contributed by atoms with Gasteiger partial charge in [0.1, 0.15) is 41.0 Å². The van der Waals surface area contributed by atoms with E-state index in [0.29, 0.717) is 11.4 Å². The lowest BCUT2D eigenvalue weighted by Crippen LogP contribution is -2.13. The van der Waals surface area contributed by atoms with Crippen LogP contribution in [-0.2, 0) is 23.5 Å². The minimum atomic E-state index is -3.38. The number of ether oxygens (including phenoxy) is 1. The van der Waals surface area contributed by atoms with Crippen LogP contribution in [0.3, 0.4) is 0 Å². The van der Waals surface area contributed by atoms with Crippen LogP contribution in [0.1, 0.15) is 16.2 Å². The highest BCUT2D eigenvalue weighted by atomic mass is 32.2. The van der Waals surface area contributed by atoms with E-state index in [1.165, 1.54) is 41.1 Å². The van der Waals surface area contributed by atoms with E-state index in [-0.39, 0.29) is 40.3 Å². The number of halogens is 1. The van der Waals surface area contributed by atoms with Crippen molar-refractivity contribution in [3.05, 3.63) is 53.6 Å². The summed E-state index contributed by atoms with van der Waals surface area (Å²) < 4.78 is 49.7. The summed E-state index contributed by atoms with van der Waals surface area (Å²) in [5, 5.41) is 23.9. The zero-order valence-electron chi connectivity index (χ0n) is 17.4. The molecule has 2 aromatic carbocycles. The molecule has 0 bridgehead atoms. The van der Waals surface area contributed by atoms with E-state index in [0.717, 1.165) is 6.26 Å². The van der Waals surface area contributed by atoms with Gasteiger partial charge >= 0.3 is 5.97 Å². The minimum absolute atomic E-state index is 0.0289. The van der Waals surface area contributed by atoms with Crippen molar-refractivity contribution in [2.75, 3.05) is 17.4 Å². The Morgan fingerprint density at radius 2 is 2.00 bits per heavy atom. The van der Waals surface area contributed by atoms with Crippen LogP contribution in [0.5, 0.6) is 5.75 Å². The third kappa shape index (κ3) is 4.77. The highest BCUT2D eigenvalue weighted by Crippen LogP contribution is 2.39. The van der Waals surface area contributed by atoms with Gasteiger partial charge in [0.25, 0.3) is 0 Å². The molecule has 4 rings (SSSR count). The van der Waals surface area contributed by atoms with Gasteiger partial charge in [-0.1, -0.05) is 0 Å². The Bertz CT molecular complexity index is 1450. The number of aromatic carboxylic acids is 1. The van der Waals surface area contributed by atoms with E-state index in [4.69, 9.17) is 9.15 Å². The molecule has 0 atom stereocenters. The second-order valence-electron chi connectivity index (χ2n) is 7.22. The van der Waals surface area contributed by atoms with Crippen molar-refractivity contribution >= 4 is 32.5 Å². The number of nitrogens with zero attached hydrogens (tertiary/aromatic N) is 4. The molecule has 0 aliphatic carbocycles. The molecule has 0 unspecified atom stereocenters. The fourth-order valence-electron chi connectivity index (χ4n) is 3.12. The first-order valence-electron chi connectivity index (χ1n) is 9.48. The lowest BCUT2D eigenvalue weighted by Gasteiger charge is -2.13. The van der Waals surface area contributed by atoms with Gasteiger partial charge < -0.3 is 19.6 Å². The maximum Gasteiger partial charge on any atom is 0.340 e. The summed E-state index contributed by atoms with van der Waals surface area (Å²) in [6.07, 6.45) is 1.06. The molecule has 0 spiro atoms. The Hall–Kier alpha value is -4.00. The zero-order chi connectivity index (χ0) is 23.8. The number of benzene rings is 2. The average Bonchev–Trinajstić information content (AvgIpc) is 3.33. The highest BCUT2D eigenvalue weighted by molar-refractivity contribution is 7.90. The van der Waals surface area contributed by atoms with Crippen molar-refractivity contribution < 1.29 is 31.9 Å². The van der Waals surface area contributed by atoms with E-state index in [1.807, 2.05) is 0 Å². The van der Waals surface area contributed by atoms with Crippen LogP contribution >= 0.6 is 0 Å². The molecule has 0 amide bonds. The van der Waals surface area contributed by atoms with Crippen LogP contribution in [0.2, 0.25) is 0 Å². The molecule has 2 aromatic heterocycles. The van der Waals surface area contributed by atoms with Gasteiger partial charge in [-0.15, -0.1) is 5.10 Å². The van der Waals surface area contributed by atoms with Crippen molar-refractivity contribution in [2.24, 2.45) is 7.05 Å². The van der Waals surface area contributed by atoms with Gasteiger partial charge in [-0.25, -0.2) is 22.3 Å². The number of aryl methyl sites for hydroxylation is 1. The molecule has 33 heavy (non-hydrogen) atoms. The second-order valence-corrected chi connectivity index (χ2v) is 9.36. The van der Waals surface area contributed by atoms with Gasteiger partial charge in [-0.05, 0) is 40.8 Å². The van der Waals surface area contributed by atoms with E-state index in [2.05, 4.69) is 20.8 Å². The first kappa shape index (κ1) is 22.2. The largest absolute Gasteiger partial charge is 0.483 e. The molecule has 0 aliphatic rings. The van der Waals surface area contributed by atoms with Gasteiger partial charge in [0, 0.05) is 30.3 Å². The van der Waals surface area contributed by atoms with Crippen LogP contribution in [-0.4, -0.2) is 51.8 Å². The lowest BCUT2D eigenvalue weighted by atomic mass is 10.0. The number of fused-ring (bicyclic) bond motifs is 1. The summed E-state index contributed by atoms with van der Waals surface area (Å²) in [6.45, 7) is -0.0619. The van der Waals surface area contributed by atoms with E-state index in [1.54, 1.807) is 7.05 Å². The van der Waals surface area contributed by atoms with E-state index >= 15 is 0 Å². The molecule has 0 fully saturated rings. The number of tetrazole rings is 1. The minimum Gasteiger partial charge on any atom is -0.483 e. The lowest BCUT2D eigenvalue weighted by molar-refractivity contribution is 0.0699. The SMILES string of the molecule is Cn1nnnc1COc1cc2c(C(=O)O)c(-c3ccc(F)cc3)oc2cc1NCS(C)(=O)=O. The Morgan fingerprint density at radius 1 is 1.27 bits per heavy atom. The molecule has 0 saturated heterocycles. The van der Waals surface area contributed by atoms with Crippen molar-refractivity contribution in [3.63, 3.8) is 0 Å². The number of carbonyl (C=O) groups is 1.